The Balaban J connectivity index is 1.61. The largest absolute Gasteiger partial charge is 0.471 e. The van der Waals surface area contributed by atoms with Crippen molar-refractivity contribution in [3.05, 3.63) is 53.7 Å². The first kappa shape index (κ1) is 21.4. The number of halogens is 1. The third-order valence-corrected chi connectivity index (χ3v) is 5.24. The fourth-order valence-corrected chi connectivity index (χ4v) is 3.86. The van der Waals surface area contributed by atoms with Crippen LogP contribution in [0, 0.1) is 17.7 Å². The topological polar surface area (TPSA) is 55.3 Å². The standard InChI is InChI=1S/C23H30FN3O2/c1-16-14-27(15-20-22(26-11-10-25-20)29-23(2,3)4)12-9-18(16)21(28)13-17-7-5-6-8-19(17)24/h5-8,10-11,16,18H,9,12-15H2,1-4H3/t16-,18-/m1/s1. The molecule has 6 heteroatoms. The van der Waals surface area contributed by atoms with E-state index in [1.165, 1.54) is 6.07 Å². The fourth-order valence-electron chi connectivity index (χ4n) is 3.86. The molecule has 0 bridgehead atoms. The van der Waals surface area contributed by atoms with Crippen molar-refractivity contribution >= 4 is 5.78 Å². The number of ether oxygens (including phenoxy) is 1. The number of carbonyl (C=O) groups is 1. The molecule has 1 aliphatic rings. The average Bonchev–Trinajstić information content (AvgIpc) is 2.64. The quantitative estimate of drug-likeness (QED) is 0.733. The van der Waals surface area contributed by atoms with E-state index in [0.29, 0.717) is 18.0 Å². The van der Waals surface area contributed by atoms with Crippen LogP contribution in [0.1, 0.15) is 45.4 Å². The summed E-state index contributed by atoms with van der Waals surface area (Å²) in [5.74, 6) is 0.536. The molecule has 1 aromatic carbocycles. The number of hydrogen-bond acceptors (Lipinski definition) is 5. The summed E-state index contributed by atoms with van der Waals surface area (Å²) in [7, 11) is 0. The SMILES string of the molecule is C[C@@H]1CN(Cc2nccnc2OC(C)(C)C)CC[C@H]1C(=O)Cc1ccccc1F. The molecule has 0 unspecified atom stereocenters. The molecule has 0 radical (unpaired) electrons. The molecule has 156 valence electrons. The van der Waals surface area contributed by atoms with Gasteiger partial charge in [-0.05, 0) is 51.3 Å². The van der Waals surface area contributed by atoms with Gasteiger partial charge in [0.05, 0.1) is 0 Å². The van der Waals surface area contributed by atoms with Crippen LogP contribution in [0.15, 0.2) is 36.7 Å². The number of benzene rings is 1. The minimum atomic E-state index is -0.343. The number of likely N-dealkylation sites (tertiary alicyclic amines) is 1. The van der Waals surface area contributed by atoms with E-state index in [4.69, 9.17) is 4.74 Å². The number of carbonyl (C=O) groups excluding carboxylic acids is 1. The third-order valence-electron chi connectivity index (χ3n) is 5.24. The lowest BCUT2D eigenvalue weighted by Crippen LogP contribution is -2.42. The summed E-state index contributed by atoms with van der Waals surface area (Å²) in [5.41, 5.74) is 0.950. The van der Waals surface area contributed by atoms with Gasteiger partial charge in [-0.2, -0.15) is 0 Å². The first-order valence-electron chi connectivity index (χ1n) is 10.2. The Kier molecular flexibility index (Phi) is 6.63. The van der Waals surface area contributed by atoms with Crippen LogP contribution < -0.4 is 4.74 Å². The van der Waals surface area contributed by atoms with Gasteiger partial charge in [-0.15, -0.1) is 0 Å². The Morgan fingerprint density at radius 1 is 1.24 bits per heavy atom. The van der Waals surface area contributed by atoms with Crippen molar-refractivity contribution in [2.45, 2.75) is 52.7 Å². The lowest BCUT2D eigenvalue weighted by atomic mass is 9.81. The molecule has 1 fully saturated rings. The first-order chi connectivity index (χ1) is 13.7. The van der Waals surface area contributed by atoms with Crippen molar-refractivity contribution in [3.8, 4) is 5.88 Å². The molecule has 0 N–H and O–H groups in total. The Morgan fingerprint density at radius 3 is 2.66 bits per heavy atom. The van der Waals surface area contributed by atoms with Gasteiger partial charge in [-0.3, -0.25) is 14.7 Å². The van der Waals surface area contributed by atoms with E-state index in [2.05, 4.69) is 21.8 Å². The van der Waals surface area contributed by atoms with E-state index in [1.807, 2.05) is 20.8 Å². The Bertz CT molecular complexity index is 850. The lowest BCUT2D eigenvalue weighted by Gasteiger charge is -2.36. The summed E-state index contributed by atoms with van der Waals surface area (Å²) >= 11 is 0. The van der Waals surface area contributed by atoms with Crippen LogP contribution in [0.5, 0.6) is 5.88 Å². The molecule has 2 aromatic rings. The number of ketones is 1. The summed E-state index contributed by atoms with van der Waals surface area (Å²) < 4.78 is 19.8. The highest BCUT2D eigenvalue weighted by atomic mass is 19.1. The van der Waals surface area contributed by atoms with E-state index >= 15 is 0 Å². The van der Waals surface area contributed by atoms with Crippen LogP contribution in [0.25, 0.3) is 0 Å². The minimum Gasteiger partial charge on any atom is -0.471 e. The van der Waals surface area contributed by atoms with Crippen LogP contribution in [0.2, 0.25) is 0 Å². The first-order valence-corrected chi connectivity index (χ1v) is 10.2. The number of rotatable bonds is 6. The molecular formula is C23H30FN3O2. The van der Waals surface area contributed by atoms with Crippen LogP contribution in [0.3, 0.4) is 0 Å². The zero-order chi connectivity index (χ0) is 21.0. The van der Waals surface area contributed by atoms with Crippen molar-refractivity contribution in [1.29, 1.82) is 0 Å². The molecule has 1 saturated heterocycles. The smallest absolute Gasteiger partial charge is 0.237 e. The lowest BCUT2D eigenvalue weighted by molar-refractivity contribution is -0.125. The van der Waals surface area contributed by atoms with Crippen LogP contribution >= 0.6 is 0 Å². The number of Topliss-reactive ketones (excluding diaryl/α,β-unsaturated/α-hetero) is 1. The average molecular weight is 400 g/mol. The second-order valence-corrected chi connectivity index (χ2v) is 8.86. The predicted molar refractivity (Wildman–Crippen MR) is 110 cm³/mol. The van der Waals surface area contributed by atoms with Crippen molar-refractivity contribution in [2.75, 3.05) is 13.1 Å². The highest BCUT2D eigenvalue weighted by molar-refractivity contribution is 5.83. The van der Waals surface area contributed by atoms with E-state index in [9.17, 15) is 9.18 Å². The maximum atomic E-state index is 13.9. The van der Waals surface area contributed by atoms with Gasteiger partial charge in [0.15, 0.2) is 0 Å². The molecule has 0 saturated carbocycles. The molecule has 2 atom stereocenters. The summed E-state index contributed by atoms with van der Waals surface area (Å²) in [6.45, 7) is 10.3. The molecule has 0 amide bonds. The van der Waals surface area contributed by atoms with Crippen LogP contribution in [-0.2, 0) is 17.8 Å². The van der Waals surface area contributed by atoms with Gasteiger partial charge in [-0.25, -0.2) is 9.37 Å². The van der Waals surface area contributed by atoms with Crippen LogP contribution in [0.4, 0.5) is 4.39 Å². The maximum Gasteiger partial charge on any atom is 0.237 e. The summed E-state index contributed by atoms with van der Waals surface area (Å²) in [6.07, 6.45) is 4.25. The molecule has 1 aliphatic heterocycles. The number of piperidine rings is 1. The number of hydrogen-bond donors (Lipinski definition) is 0. The van der Waals surface area contributed by atoms with Crippen LogP contribution in [-0.4, -0.2) is 39.3 Å². The van der Waals surface area contributed by atoms with Gasteiger partial charge in [0.25, 0.3) is 0 Å². The molecule has 3 rings (SSSR count). The van der Waals surface area contributed by atoms with Gasteiger partial charge in [-0.1, -0.05) is 25.1 Å². The highest BCUT2D eigenvalue weighted by Gasteiger charge is 2.32. The molecule has 2 heterocycles. The van der Waals surface area contributed by atoms with E-state index in [1.54, 1.807) is 30.6 Å². The summed E-state index contributed by atoms with van der Waals surface area (Å²) in [4.78, 5) is 23.9. The Morgan fingerprint density at radius 2 is 1.97 bits per heavy atom. The number of aromatic nitrogens is 2. The number of nitrogens with zero attached hydrogens (tertiary/aromatic N) is 3. The zero-order valence-electron chi connectivity index (χ0n) is 17.7. The summed E-state index contributed by atoms with van der Waals surface area (Å²) in [6, 6.07) is 6.52. The Labute approximate surface area is 172 Å². The van der Waals surface area contributed by atoms with Gasteiger partial charge >= 0.3 is 0 Å². The predicted octanol–water partition coefficient (Wildman–Crippen LogP) is 4.06. The molecule has 5 nitrogen and oxygen atoms in total. The van der Waals surface area contributed by atoms with Gasteiger partial charge < -0.3 is 4.74 Å². The van der Waals surface area contributed by atoms with Crippen molar-refractivity contribution in [2.24, 2.45) is 11.8 Å². The zero-order valence-corrected chi connectivity index (χ0v) is 17.7. The monoisotopic (exact) mass is 399 g/mol. The maximum absolute atomic E-state index is 13.9. The normalized spacial score (nSPS) is 20.4. The van der Waals surface area contributed by atoms with Gasteiger partial charge in [0, 0.05) is 37.8 Å². The molecule has 0 aliphatic carbocycles. The van der Waals surface area contributed by atoms with E-state index in [0.717, 1.165) is 25.2 Å². The second-order valence-electron chi connectivity index (χ2n) is 8.86. The van der Waals surface area contributed by atoms with E-state index < -0.39 is 0 Å². The van der Waals surface area contributed by atoms with Crippen molar-refractivity contribution in [3.63, 3.8) is 0 Å². The van der Waals surface area contributed by atoms with Crippen molar-refractivity contribution < 1.29 is 13.9 Å². The Hall–Kier alpha value is -2.34. The highest BCUT2D eigenvalue weighted by Crippen LogP contribution is 2.28. The third kappa shape index (κ3) is 5.82. The van der Waals surface area contributed by atoms with E-state index in [-0.39, 0.29) is 35.5 Å². The van der Waals surface area contributed by atoms with Gasteiger partial charge in [0.1, 0.15) is 22.9 Å². The summed E-state index contributed by atoms with van der Waals surface area (Å²) in [5, 5.41) is 0. The van der Waals surface area contributed by atoms with Crippen molar-refractivity contribution in [1.82, 2.24) is 14.9 Å². The molecule has 1 aromatic heterocycles. The molecule has 0 spiro atoms. The second kappa shape index (κ2) is 8.99. The fraction of sp³-hybridized carbons (Fsp3) is 0.522. The minimum absolute atomic E-state index is 0.0435. The molecular weight excluding hydrogens is 369 g/mol. The molecule has 29 heavy (non-hydrogen) atoms. The van der Waals surface area contributed by atoms with Gasteiger partial charge in [0.2, 0.25) is 5.88 Å².